The SMILES string of the molecule is NC1(c2nn3c(C4CCCCC4)nnc3s2)CC1. The Morgan fingerprint density at radius 3 is 2.67 bits per heavy atom. The molecule has 2 aromatic rings. The van der Waals surface area contributed by atoms with E-state index < -0.39 is 0 Å². The number of fused-ring (bicyclic) bond motifs is 1. The van der Waals surface area contributed by atoms with Gasteiger partial charge in [0.2, 0.25) is 4.96 Å². The number of rotatable bonds is 2. The Balaban J connectivity index is 1.74. The molecule has 0 saturated heterocycles. The topological polar surface area (TPSA) is 69.1 Å². The van der Waals surface area contributed by atoms with Crippen molar-refractivity contribution in [1.29, 1.82) is 0 Å². The van der Waals surface area contributed by atoms with Gasteiger partial charge in [-0.15, -0.1) is 10.2 Å². The van der Waals surface area contributed by atoms with E-state index in [0.29, 0.717) is 5.92 Å². The highest BCUT2D eigenvalue weighted by Gasteiger charge is 2.44. The van der Waals surface area contributed by atoms with Crippen LogP contribution in [0.15, 0.2) is 0 Å². The smallest absolute Gasteiger partial charge is 0.234 e. The van der Waals surface area contributed by atoms with E-state index in [-0.39, 0.29) is 5.54 Å². The summed E-state index contributed by atoms with van der Waals surface area (Å²) in [6.45, 7) is 0. The molecule has 2 N–H and O–H groups in total. The van der Waals surface area contributed by atoms with Gasteiger partial charge in [0.25, 0.3) is 0 Å². The molecule has 2 heterocycles. The number of aromatic nitrogens is 4. The first kappa shape index (κ1) is 10.9. The highest BCUT2D eigenvalue weighted by Crippen LogP contribution is 2.44. The predicted molar refractivity (Wildman–Crippen MR) is 69.6 cm³/mol. The summed E-state index contributed by atoms with van der Waals surface area (Å²) in [5.41, 5.74) is 6.05. The van der Waals surface area contributed by atoms with Crippen LogP contribution >= 0.6 is 11.3 Å². The Morgan fingerprint density at radius 2 is 1.94 bits per heavy atom. The van der Waals surface area contributed by atoms with Crippen molar-refractivity contribution in [2.45, 2.75) is 56.4 Å². The van der Waals surface area contributed by atoms with Crippen molar-refractivity contribution in [1.82, 2.24) is 19.8 Å². The molecule has 0 aromatic carbocycles. The maximum atomic E-state index is 6.21. The summed E-state index contributed by atoms with van der Waals surface area (Å²) in [6.07, 6.45) is 8.51. The first-order chi connectivity index (χ1) is 8.76. The molecule has 2 fully saturated rings. The summed E-state index contributed by atoms with van der Waals surface area (Å²) in [4.78, 5) is 0.905. The molecule has 0 radical (unpaired) electrons. The van der Waals surface area contributed by atoms with Gasteiger partial charge in [0, 0.05) is 5.92 Å². The van der Waals surface area contributed by atoms with Crippen LogP contribution in [0.5, 0.6) is 0 Å². The van der Waals surface area contributed by atoms with E-state index in [1.165, 1.54) is 32.1 Å². The second kappa shape index (κ2) is 3.74. The van der Waals surface area contributed by atoms with E-state index in [2.05, 4.69) is 15.3 Å². The third kappa shape index (κ3) is 1.59. The number of nitrogens with zero attached hydrogens (tertiary/aromatic N) is 4. The van der Waals surface area contributed by atoms with E-state index in [0.717, 1.165) is 28.6 Å². The second-order valence-corrected chi connectivity index (χ2v) is 6.61. The monoisotopic (exact) mass is 263 g/mol. The summed E-state index contributed by atoms with van der Waals surface area (Å²) >= 11 is 1.60. The van der Waals surface area contributed by atoms with Gasteiger partial charge in [-0.1, -0.05) is 30.6 Å². The van der Waals surface area contributed by atoms with Gasteiger partial charge in [-0.2, -0.15) is 9.61 Å². The molecule has 2 aromatic heterocycles. The summed E-state index contributed by atoms with van der Waals surface area (Å²) in [5, 5.41) is 14.3. The zero-order valence-corrected chi connectivity index (χ0v) is 11.1. The molecular weight excluding hydrogens is 246 g/mol. The van der Waals surface area contributed by atoms with Crippen molar-refractivity contribution in [3.8, 4) is 0 Å². The average Bonchev–Trinajstić information content (AvgIpc) is 2.86. The molecule has 5 nitrogen and oxygen atoms in total. The van der Waals surface area contributed by atoms with Crippen molar-refractivity contribution >= 4 is 16.3 Å². The van der Waals surface area contributed by atoms with E-state index in [1.807, 2.05) is 4.52 Å². The Hall–Kier alpha value is -1.01. The van der Waals surface area contributed by atoms with Gasteiger partial charge >= 0.3 is 0 Å². The maximum Gasteiger partial charge on any atom is 0.234 e. The number of hydrogen-bond acceptors (Lipinski definition) is 5. The Bertz CT molecular complexity index is 576. The van der Waals surface area contributed by atoms with Crippen LogP contribution in [0.1, 0.15) is 61.7 Å². The van der Waals surface area contributed by atoms with Gasteiger partial charge < -0.3 is 5.73 Å². The molecule has 0 bridgehead atoms. The van der Waals surface area contributed by atoms with Crippen molar-refractivity contribution in [2.24, 2.45) is 5.73 Å². The van der Waals surface area contributed by atoms with Crippen molar-refractivity contribution in [2.75, 3.05) is 0 Å². The third-order valence-electron chi connectivity index (χ3n) is 4.20. The van der Waals surface area contributed by atoms with Gasteiger partial charge in [0.15, 0.2) is 5.82 Å². The minimum absolute atomic E-state index is 0.158. The lowest BCUT2D eigenvalue weighted by Gasteiger charge is -2.18. The molecule has 4 rings (SSSR count). The lowest BCUT2D eigenvalue weighted by atomic mass is 9.89. The fourth-order valence-electron chi connectivity index (χ4n) is 2.80. The van der Waals surface area contributed by atoms with E-state index >= 15 is 0 Å². The van der Waals surface area contributed by atoms with Crippen molar-refractivity contribution in [3.63, 3.8) is 0 Å². The largest absolute Gasteiger partial charge is 0.319 e. The molecular formula is C12H17N5S. The minimum Gasteiger partial charge on any atom is -0.319 e. The van der Waals surface area contributed by atoms with Crippen molar-refractivity contribution in [3.05, 3.63) is 10.8 Å². The van der Waals surface area contributed by atoms with Crippen LogP contribution in [0.2, 0.25) is 0 Å². The molecule has 0 spiro atoms. The molecule has 2 aliphatic rings. The van der Waals surface area contributed by atoms with Crippen molar-refractivity contribution < 1.29 is 0 Å². The van der Waals surface area contributed by atoms with Gasteiger partial charge in [-0.05, 0) is 25.7 Å². The number of nitrogens with two attached hydrogens (primary N) is 1. The van der Waals surface area contributed by atoms with Crippen LogP contribution in [-0.2, 0) is 5.54 Å². The predicted octanol–water partition coefficient (Wildman–Crippen LogP) is 2.18. The molecule has 2 aliphatic carbocycles. The summed E-state index contributed by atoms with van der Waals surface area (Å²) in [7, 11) is 0. The van der Waals surface area contributed by atoms with Gasteiger partial charge in [-0.25, -0.2) is 0 Å². The van der Waals surface area contributed by atoms with Crippen LogP contribution in [0.3, 0.4) is 0 Å². The average molecular weight is 263 g/mol. The Labute approximate surface area is 109 Å². The quantitative estimate of drug-likeness (QED) is 0.901. The summed E-state index contributed by atoms with van der Waals surface area (Å²) in [6, 6.07) is 0. The zero-order valence-electron chi connectivity index (χ0n) is 10.3. The lowest BCUT2D eigenvalue weighted by molar-refractivity contribution is 0.422. The minimum atomic E-state index is -0.158. The van der Waals surface area contributed by atoms with E-state index in [9.17, 15) is 0 Å². The highest BCUT2D eigenvalue weighted by atomic mass is 32.1. The van der Waals surface area contributed by atoms with E-state index in [1.54, 1.807) is 11.3 Å². The molecule has 96 valence electrons. The zero-order chi connectivity index (χ0) is 12.2. The van der Waals surface area contributed by atoms with Crippen LogP contribution in [-0.4, -0.2) is 19.8 Å². The normalized spacial score (nSPS) is 23.6. The molecule has 18 heavy (non-hydrogen) atoms. The van der Waals surface area contributed by atoms with Gasteiger partial charge in [-0.3, -0.25) is 0 Å². The fourth-order valence-corrected chi connectivity index (χ4v) is 3.80. The van der Waals surface area contributed by atoms with Crippen LogP contribution in [0, 0.1) is 0 Å². The Kier molecular flexibility index (Phi) is 2.26. The van der Waals surface area contributed by atoms with E-state index in [4.69, 9.17) is 5.73 Å². The first-order valence-electron chi connectivity index (χ1n) is 6.78. The fraction of sp³-hybridized carbons (Fsp3) is 0.750. The van der Waals surface area contributed by atoms with Crippen LogP contribution in [0.25, 0.3) is 4.96 Å². The van der Waals surface area contributed by atoms with Gasteiger partial charge in [0.1, 0.15) is 5.01 Å². The second-order valence-electron chi connectivity index (χ2n) is 5.65. The van der Waals surface area contributed by atoms with Crippen LogP contribution in [0.4, 0.5) is 0 Å². The lowest BCUT2D eigenvalue weighted by Crippen LogP contribution is -2.19. The molecule has 0 atom stereocenters. The Morgan fingerprint density at radius 1 is 1.17 bits per heavy atom. The summed E-state index contributed by atoms with van der Waals surface area (Å²) in [5.74, 6) is 1.59. The molecule has 0 amide bonds. The maximum absolute atomic E-state index is 6.21. The van der Waals surface area contributed by atoms with Crippen LogP contribution < -0.4 is 5.73 Å². The standard InChI is InChI=1S/C12H17N5S/c13-12(6-7-12)10-16-17-9(14-15-11(17)18-10)8-4-2-1-3-5-8/h8H,1-7,13H2. The first-order valence-corrected chi connectivity index (χ1v) is 7.59. The molecule has 0 aliphatic heterocycles. The molecule has 2 saturated carbocycles. The number of hydrogen-bond donors (Lipinski definition) is 1. The van der Waals surface area contributed by atoms with Gasteiger partial charge in [0.05, 0.1) is 5.54 Å². The summed E-state index contributed by atoms with van der Waals surface area (Å²) < 4.78 is 1.95. The molecule has 0 unspecified atom stereocenters. The highest BCUT2D eigenvalue weighted by molar-refractivity contribution is 7.16. The third-order valence-corrected chi connectivity index (χ3v) is 5.32. The molecule has 6 heteroatoms.